The number of phenols is 1. The Morgan fingerprint density at radius 2 is 1.78 bits per heavy atom. The Balaban J connectivity index is 1.61. The third-order valence-corrected chi connectivity index (χ3v) is 3.65. The van der Waals surface area contributed by atoms with Crippen LogP contribution in [0.2, 0.25) is 0 Å². The highest BCUT2D eigenvalue weighted by Crippen LogP contribution is 2.15. The zero-order chi connectivity index (χ0) is 19.2. The van der Waals surface area contributed by atoms with Crippen molar-refractivity contribution >= 4 is 23.6 Å². The topological polar surface area (TPSA) is 123 Å². The molecule has 4 N–H and O–H groups in total. The summed E-state index contributed by atoms with van der Waals surface area (Å²) >= 11 is 0. The van der Waals surface area contributed by atoms with E-state index >= 15 is 0 Å². The van der Waals surface area contributed by atoms with E-state index in [2.05, 4.69) is 20.3 Å². The van der Waals surface area contributed by atoms with Gasteiger partial charge in [-0.2, -0.15) is 15.0 Å². The second-order valence-electron chi connectivity index (χ2n) is 5.93. The zero-order valence-corrected chi connectivity index (χ0v) is 14.7. The van der Waals surface area contributed by atoms with Crippen LogP contribution in [0.15, 0.2) is 48.5 Å². The third-order valence-electron chi connectivity index (χ3n) is 3.65. The second kappa shape index (κ2) is 8.13. The van der Waals surface area contributed by atoms with Crippen LogP contribution < -0.4 is 11.1 Å². The van der Waals surface area contributed by atoms with Gasteiger partial charge >= 0.3 is 5.97 Å². The number of aromatic nitrogens is 3. The molecule has 1 aromatic heterocycles. The van der Waals surface area contributed by atoms with Crippen molar-refractivity contribution in [3.63, 3.8) is 0 Å². The number of nitrogens with two attached hydrogens (primary N) is 1. The highest BCUT2D eigenvalue weighted by Gasteiger charge is 2.10. The van der Waals surface area contributed by atoms with Crippen molar-refractivity contribution < 1.29 is 14.6 Å². The average molecular weight is 365 g/mol. The number of rotatable bonds is 6. The summed E-state index contributed by atoms with van der Waals surface area (Å²) in [6.45, 7) is 1.88. The summed E-state index contributed by atoms with van der Waals surface area (Å²) in [5, 5.41) is 12.3. The fourth-order valence-corrected chi connectivity index (χ4v) is 2.30. The largest absolute Gasteiger partial charge is 0.508 e. The van der Waals surface area contributed by atoms with Gasteiger partial charge in [-0.3, -0.25) is 4.79 Å². The first-order chi connectivity index (χ1) is 13.0. The second-order valence-corrected chi connectivity index (χ2v) is 5.93. The lowest BCUT2D eigenvalue weighted by Gasteiger charge is -2.08. The van der Waals surface area contributed by atoms with Gasteiger partial charge in [0, 0.05) is 5.69 Å². The fourth-order valence-electron chi connectivity index (χ4n) is 2.30. The number of nitrogen functional groups attached to an aromatic ring is 1. The van der Waals surface area contributed by atoms with E-state index in [1.54, 1.807) is 12.1 Å². The van der Waals surface area contributed by atoms with Crippen LogP contribution in [0.25, 0.3) is 0 Å². The number of hydrogen-bond acceptors (Lipinski definition) is 8. The first kappa shape index (κ1) is 18.1. The molecule has 3 aromatic rings. The lowest BCUT2D eigenvalue weighted by atomic mass is 10.1. The van der Waals surface area contributed by atoms with Crippen LogP contribution in [0.1, 0.15) is 17.0 Å². The molecule has 0 amide bonds. The molecular formula is C19H19N5O3. The van der Waals surface area contributed by atoms with Gasteiger partial charge in [-0.1, -0.05) is 29.8 Å². The molecule has 0 aliphatic carbocycles. The van der Waals surface area contributed by atoms with Crippen molar-refractivity contribution in [3.8, 4) is 5.75 Å². The van der Waals surface area contributed by atoms with Crippen LogP contribution in [0, 0.1) is 6.92 Å². The van der Waals surface area contributed by atoms with E-state index in [4.69, 9.17) is 10.5 Å². The number of nitrogens with zero attached hydrogens (tertiary/aromatic N) is 3. The first-order valence-corrected chi connectivity index (χ1v) is 8.25. The Hall–Kier alpha value is -3.68. The van der Waals surface area contributed by atoms with Crippen LogP contribution in [0.3, 0.4) is 0 Å². The molecule has 8 nitrogen and oxygen atoms in total. The number of hydrogen-bond donors (Lipinski definition) is 3. The maximum Gasteiger partial charge on any atom is 0.310 e. The van der Waals surface area contributed by atoms with Crippen LogP contribution in [0.4, 0.5) is 17.6 Å². The summed E-state index contributed by atoms with van der Waals surface area (Å²) in [7, 11) is 0. The Labute approximate surface area is 156 Å². The van der Waals surface area contributed by atoms with Crippen LogP contribution in [-0.2, 0) is 22.6 Å². The molecule has 8 heteroatoms. The van der Waals surface area contributed by atoms with E-state index in [-0.39, 0.29) is 36.5 Å². The number of aryl methyl sites for hydroxylation is 1. The number of nitrogens with one attached hydrogen (secondary N) is 1. The monoisotopic (exact) mass is 365 g/mol. The number of benzene rings is 2. The maximum absolute atomic E-state index is 12.0. The quantitative estimate of drug-likeness (QED) is 0.569. The molecule has 0 fully saturated rings. The number of ether oxygens (including phenoxy) is 1. The molecule has 0 unspecified atom stereocenters. The van der Waals surface area contributed by atoms with E-state index in [9.17, 15) is 9.90 Å². The minimum Gasteiger partial charge on any atom is -0.508 e. The Kier molecular flexibility index (Phi) is 5.46. The van der Waals surface area contributed by atoms with E-state index in [0.29, 0.717) is 0 Å². The predicted octanol–water partition coefficient (Wildman–Crippen LogP) is 2.50. The molecule has 0 bridgehead atoms. The third kappa shape index (κ3) is 5.40. The lowest BCUT2D eigenvalue weighted by Crippen LogP contribution is -2.12. The number of phenolic OH excluding ortho intramolecular Hbond substituents is 1. The van der Waals surface area contributed by atoms with Gasteiger partial charge in [0.1, 0.15) is 5.75 Å². The molecule has 3 rings (SSSR count). The summed E-state index contributed by atoms with van der Waals surface area (Å²) in [5.41, 5.74) is 8.39. The van der Waals surface area contributed by atoms with Crippen molar-refractivity contribution in [3.05, 3.63) is 65.5 Å². The summed E-state index contributed by atoms with van der Waals surface area (Å²) in [6.07, 6.45) is 0.0787. The Morgan fingerprint density at radius 3 is 2.48 bits per heavy atom. The first-order valence-electron chi connectivity index (χ1n) is 8.25. The molecule has 0 aliphatic heterocycles. The minimum absolute atomic E-state index is 0.0317. The van der Waals surface area contributed by atoms with Crippen molar-refractivity contribution in [1.29, 1.82) is 0 Å². The van der Waals surface area contributed by atoms with Crippen molar-refractivity contribution in [2.45, 2.75) is 20.0 Å². The zero-order valence-electron chi connectivity index (χ0n) is 14.7. The van der Waals surface area contributed by atoms with Gasteiger partial charge in [0.25, 0.3) is 0 Å². The van der Waals surface area contributed by atoms with Gasteiger partial charge in [0.15, 0.2) is 12.4 Å². The summed E-state index contributed by atoms with van der Waals surface area (Å²) < 4.78 is 5.20. The number of anilines is 3. The van der Waals surface area contributed by atoms with Crippen molar-refractivity contribution in [1.82, 2.24) is 15.0 Å². The number of aromatic hydroxyl groups is 1. The van der Waals surface area contributed by atoms with E-state index in [0.717, 1.165) is 16.8 Å². The van der Waals surface area contributed by atoms with E-state index in [1.165, 1.54) is 12.1 Å². The maximum atomic E-state index is 12.0. The Bertz CT molecular complexity index is 927. The van der Waals surface area contributed by atoms with Gasteiger partial charge in [-0.25, -0.2) is 0 Å². The SMILES string of the molecule is Cc1ccc(Nc2nc(N)nc(COC(=O)Cc3ccc(O)cc3)n2)cc1. The van der Waals surface area contributed by atoms with Gasteiger partial charge in [0.2, 0.25) is 11.9 Å². The molecule has 0 aliphatic rings. The molecule has 138 valence electrons. The molecule has 0 spiro atoms. The molecule has 0 saturated heterocycles. The average Bonchev–Trinajstić information content (AvgIpc) is 2.63. The summed E-state index contributed by atoms with van der Waals surface area (Å²) in [5.74, 6) is 0.255. The smallest absolute Gasteiger partial charge is 0.310 e. The Morgan fingerprint density at radius 1 is 1.07 bits per heavy atom. The minimum atomic E-state index is -0.437. The van der Waals surface area contributed by atoms with Gasteiger partial charge in [-0.05, 0) is 36.8 Å². The van der Waals surface area contributed by atoms with Gasteiger partial charge < -0.3 is 20.9 Å². The molecule has 1 heterocycles. The lowest BCUT2D eigenvalue weighted by molar-refractivity contribution is -0.144. The number of carbonyl (C=O) groups is 1. The molecule has 0 saturated carbocycles. The van der Waals surface area contributed by atoms with Crippen molar-refractivity contribution in [2.24, 2.45) is 0 Å². The van der Waals surface area contributed by atoms with Gasteiger partial charge in [0.05, 0.1) is 6.42 Å². The van der Waals surface area contributed by atoms with Gasteiger partial charge in [-0.15, -0.1) is 0 Å². The predicted molar refractivity (Wildman–Crippen MR) is 100 cm³/mol. The standard InChI is InChI=1S/C19H19N5O3/c1-12-2-6-14(7-3-12)21-19-23-16(22-18(20)24-19)11-27-17(26)10-13-4-8-15(25)9-5-13/h2-9,25H,10-11H2,1H3,(H3,20,21,22,23,24). The summed E-state index contributed by atoms with van der Waals surface area (Å²) in [4.78, 5) is 24.2. The molecule has 2 aromatic carbocycles. The highest BCUT2D eigenvalue weighted by atomic mass is 16.5. The van der Waals surface area contributed by atoms with Crippen LogP contribution >= 0.6 is 0 Å². The molecule has 0 radical (unpaired) electrons. The van der Waals surface area contributed by atoms with Crippen LogP contribution in [-0.4, -0.2) is 26.0 Å². The number of carbonyl (C=O) groups excluding carboxylic acids is 1. The molecule has 27 heavy (non-hydrogen) atoms. The molecular weight excluding hydrogens is 346 g/mol. The fraction of sp³-hybridized carbons (Fsp3) is 0.158. The highest BCUT2D eigenvalue weighted by molar-refractivity contribution is 5.72. The normalized spacial score (nSPS) is 10.4. The van der Waals surface area contributed by atoms with E-state index in [1.807, 2.05) is 31.2 Å². The summed E-state index contributed by atoms with van der Waals surface area (Å²) in [6, 6.07) is 14.0. The van der Waals surface area contributed by atoms with E-state index < -0.39 is 5.97 Å². The van der Waals surface area contributed by atoms with Crippen LogP contribution in [0.5, 0.6) is 5.75 Å². The number of esters is 1. The molecule has 0 atom stereocenters. The van der Waals surface area contributed by atoms with Crippen molar-refractivity contribution in [2.75, 3.05) is 11.1 Å².